The minimum absolute atomic E-state index is 0.0742. The van der Waals surface area contributed by atoms with E-state index in [1.807, 2.05) is 42.2 Å². The third-order valence-electron chi connectivity index (χ3n) is 7.79. The van der Waals surface area contributed by atoms with E-state index in [1.165, 1.54) is 6.42 Å². The number of rotatable bonds is 11. The molecule has 8 heteroatoms. The molecule has 1 aliphatic carbocycles. The van der Waals surface area contributed by atoms with Crippen LogP contribution in [0.5, 0.6) is 5.75 Å². The van der Waals surface area contributed by atoms with E-state index < -0.39 is 12.1 Å². The van der Waals surface area contributed by atoms with Crippen molar-refractivity contribution in [1.82, 2.24) is 14.5 Å². The predicted octanol–water partition coefficient (Wildman–Crippen LogP) is 6.57. The molecule has 2 heterocycles. The molecule has 1 amide bonds. The number of pyridine rings is 1. The maximum atomic E-state index is 13.4. The first kappa shape index (κ1) is 28.3. The Morgan fingerprint density at radius 2 is 1.71 bits per heavy atom. The van der Waals surface area contributed by atoms with Crippen molar-refractivity contribution in [2.45, 2.75) is 71.4 Å². The quantitative estimate of drug-likeness (QED) is 0.225. The van der Waals surface area contributed by atoms with Gasteiger partial charge >= 0.3 is 5.97 Å². The second-order valence-corrected chi connectivity index (χ2v) is 10.7. The summed E-state index contributed by atoms with van der Waals surface area (Å²) in [6.45, 7) is 5.25. The molecule has 1 N–H and O–H groups in total. The van der Waals surface area contributed by atoms with Gasteiger partial charge in [0.25, 0.3) is 0 Å². The highest BCUT2D eigenvalue weighted by atomic mass is 16.5. The second kappa shape index (κ2) is 13.0. The Bertz CT molecular complexity index is 1480. The number of benzene rings is 2. The van der Waals surface area contributed by atoms with Crippen LogP contribution in [0.4, 0.5) is 5.82 Å². The van der Waals surface area contributed by atoms with Crippen molar-refractivity contribution in [3.05, 3.63) is 83.7 Å². The topological polar surface area (TPSA) is 97.5 Å². The van der Waals surface area contributed by atoms with E-state index in [0.717, 1.165) is 61.1 Å². The lowest BCUT2D eigenvalue weighted by molar-refractivity contribution is -0.145. The highest BCUT2D eigenvalue weighted by Crippen LogP contribution is 2.29. The van der Waals surface area contributed by atoms with Gasteiger partial charge in [-0.2, -0.15) is 0 Å². The molecule has 2 aromatic heterocycles. The van der Waals surface area contributed by atoms with Gasteiger partial charge in [-0.25, -0.2) is 14.8 Å². The zero-order chi connectivity index (χ0) is 28.8. The summed E-state index contributed by atoms with van der Waals surface area (Å²) in [4.78, 5) is 37.0. The molecule has 0 aliphatic heterocycles. The van der Waals surface area contributed by atoms with Crippen LogP contribution in [0, 0.1) is 5.92 Å². The zero-order valence-corrected chi connectivity index (χ0v) is 23.8. The summed E-state index contributed by atoms with van der Waals surface area (Å²) < 4.78 is 7.97. The van der Waals surface area contributed by atoms with Gasteiger partial charge in [0.15, 0.2) is 5.65 Å². The van der Waals surface area contributed by atoms with Crippen LogP contribution in [0.3, 0.4) is 0 Å². The number of carboxylic acid groups (broad SMARTS) is 1. The van der Waals surface area contributed by atoms with Crippen molar-refractivity contribution in [2.24, 2.45) is 5.92 Å². The van der Waals surface area contributed by atoms with Crippen LogP contribution >= 0.6 is 0 Å². The largest absolute Gasteiger partial charge is 0.478 e. The van der Waals surface area contributed by atoms with Crippen molar-refractivity contribution >= 4 is 28.9 Å². The molecule has 0 radical (unpaired) electrons. The fraction of sp³-hybridized carbons (Fsp3) is 0.394. The van der Waals surface area contributed by atoms with E-state index in [9.17, 15) is 14.7 Å². The summed E-state index contributed by atoms with van der Waals surface area (Å²) >= 11 is 0. The molecular weight excluding hydrogens is 516 g/mol. The first-order chi connectivity index (χ1) is 20.0. The van der Waals surface area contributed by atoms with Crippen molar-refractivity contribution < 1.29 is 19.4 Å². The van der Waals surface area contributed by atoms with Crippen LogP contribution in [0.1, 0.15) is 75.4 Å². The SMILES string of the molecule is CCCc1nc2ccc(N(CC)C(=O)C3CCCCC3)nc2n1Cc1ccc(OC(C(=O)O)c2ccccc2)cc1. The zero-order valence-electron chi connectivity index (χ0n) is 23.8. The second-order valence-electron chi connectivity index (χ2n) is 10.7. The normalized spacial score (nSPS) is 14.6. The number of aryl methyl sites for hydroxylation is 1. The number of hydrogen-bond acceptors (Lipinski definition) is 5. The monoisotopic (exact) mass is 554 g/mol. The van der Waals surface area contributed by atoms with Crippen molar-refractivity contribution in [2.75, 3.05) is 11.4 Å². The molecule has 4 aromatic rings. The van der Waals surface area contributed by atoms with Crippen LogP contribution in [0.15, 0.2) is 66.7 Å². The van der Waals surface area contributed by atoms with Gasteiger partial charge in [-0.05, 0) is 56.0 Å². The lowest BCUT2D eigenvalue weighted by Gasteiger charge is -2.27. The van der Waals surface area contributed by atoms with Gasteiger partial charge in [-0.1, -0.05) is 68.7 Å². The number of imidazole rings is 1. The Balaban J connectivity index is 1.40. The third kappa shape index (κ3) is 6.42. The van der Waals surface area contributed by atoms with Gasteiger partial charge in [0.2, 0.25) is 12.0 Å². The van der Waals surface area contributed by atoms with E-state index in [2.05, 4.69) is 11.5 Å². The fourth-order valence-corrected chi connectivity index (χ4v) is 5.65. The van der Waals surface area contributed by atoms with Crippen LogP contribution in [0.2, 0.25) is 0 Å². The standard InChI is InChI=1S/C33H38N4O4/c1-3-11-28-34-27-20-21-29(36(4-2)32(38)25-14-9-6-10-15-25)35-31(27)37(28)22-23-16-18-26(19-17-23)41-30(33(39)40)24-12-7-5-8-13-24/h5,7-8,12-13,16-21,25,30H,3-4,6,9-11,14-15,22H2,1-2H3,(H,39,40). The minimum Gasteiger partial charge on any atom is -0.478 e. The molecule has 0 saturated heterocycles. The Labute approximate surface area is 241 Å². The van der Waals surface area contributed by atoms with Crippen LogP contribution in [-0.4, -0.2) is 38.1 Å². The average molecular weight is 555 g/mol. The first-order valence-electron chi connectivity index (χ1n) is 14.7. The summed E-state index contributed by atoms with van der Waals surface area (Å²) in [5.74, 6) is 1.30. The lowest BCUT2D eigenvalue weighted by atomic mass is 9.88. The van der Waals surface area contributed by atoms with Crippen molar-refractivity contribution in [3.8, 4) is 5.75 Å². The number of carboxylic acids is 1. The number of carbonyl (C=O) groups excluding carboxylic acids is 1. The first-order valence-corrected chi connectivity index (χ1v) is 14.7. The maximum absolute atomic E-state index is 13.4. The number of fused-ring (bicyclic) bond motifs is 1. The highest BCUT2D eigenvalue weighted by molar-refractivity contribution is 5.95. The molecule has 1 aliphatic rings. The molecule has 0 spiro atoms. The number of carbonyl (C=O) groups is 2. The number of amides is 1. The molecule has 0 bridgehead atoms. The van der Waals surface area contributed by atoms with Crippen LogP contribution < -0.4 is 9.64 Å². The molecule has 1 unspecified atom stereocenters. The molecule has 1 atom stereocenters. The number of aliphatic carboxylic acids is 1. The molecule has 5 rings (SSSR count). The van der Waals surface area contributed by atoms with E-state index in [-0.39, 0.29) is 11.8 Å². The Hall–Kier alpha value is -4.20. The van der Waals surface area contributed by atoms with Gasteiger partial charge in [-0.15, -0.1) is 0 Å². The molecule has 214 valence electrons. The summed E-state index contributed by atoms with van der Waals surface area (Å²) in [5, 5.41) is 9.72. The predicted molar refractivity (Wildman–Crippen MR) is 159 cm³/mol. The number of nitrogens with zero attached hydrogens (tertiary/aromatic N) is 4. The third-order valence-corrected chi connectivity index (χ3v) is 7.79. The molecule has 2 aromatic carbocycles. The summed E-state index contributed by atoms with van der Waals surface area (Å²) in [6, 6.07) is 20.3. The van der Waals surface area contributed by atoms with Gasteiger partial charge in [0, 0.05) is 24.4 Å². The summed E-state index contributed by atoms with van der Waals surface area (Å²) in [6.07, 6.45) is 6.00. The summed E-state index contributed by atoms with van der Waals surface area (Å²) in [7, 11) is 0. The molecule has 41 heavy (non-hydrogen) atoms. The van der Waals surface area contributed by atoms with Crippen LogP contribution in [-0.2, 0) is 22.6 Å². The van der Waals surface area contributed by atoms with Crippen LogP contribution in [0.25, 0.3) is 11.2 Å². The number of anilines is 1. The Morgan fingerprint density at radius 3 is 2.37 bits per heavy atom. The van der Waals surface area contributed by atoms with Crippen molar-refractivity contribution in [1.29, 1.82) is 0 Å². The average Bonchev–Trinajstić information content (AvgIpc) is 3.34. The van der Waals surface area contributed by atoms with E-state index >= 15 is 0 Å². The minimum atomic E-state index is -1.09. The fourth-order valence-electron chi connectivity index (χ4n) is 5.65. The van der Waals surface area contributed by atoms with Gasteiger partial charge in [-0.3, -0.25) is 9.69 Å². The van der Waals surface area contributed by atoms with E-state index in [1.54, 1.807) is 36.4 Å². The molecule has 8 nitrogen and oxygen atoms in total. The number of hydrogen-bond donors (Lipinski definition) is 1. The Kier molecular flexibility index (Phi) is 8.97. The molecule has 1 fully saturated rings. The number of ether oxygens (including phenoxy) is 1. The maximum Gasteiger partial charge on any atom is 0.349 e. The molecule has 1 saturated carbocycles. The smallest absolute Gasteiger partial charge is 0.349 e. The highest BCUT2D eigenvalue weighted by Gasteiger charge is 2.27. The van der Waals surface area contributed by atoms with E-state index in [0.29, 0.717) is 30.2 Å². The Morgan fingerprint density at radius 1 is 0.976 bits per heavy atom. The number of aromatic nitrogens is 3. The van der Waals surface area contributed by atoms with Gasteiger partial charge in [0.1, 0.15) is 22.9 Å². The summed E-state index contributed by atoms with van der Waals surface area (Å²) in [5.41, 5.74) is 3.17. The van der Waals surface area contributed by atoms with Gasteiger partial charge < -0.3 is 14.4 Å². The van der Waals surface area contributed by atoms with Crippen molar-refractivity contribution in [3.63, 3.8) is 0 Å². The van der Waals surface area contributed by atoms with Gasteiger partial charge in [0.05, 0.1) is 6.54 Å². The lowest BCUT2D eigenvalue weighted by Crippen LogP contribution is -2.37. The van der Waals surface area contributed by atoms with E-state index in [4.69, 9.17) is 14.7 Å². The molecular formula is C33H38N4O4.